The van der Waals surface area contributed by atoms with E-state index in [0.717, 1.165) is 9.18 Å². The zero-order chi connectivity index (χ0) is 19.3. The summed E-state index contributed by atoms with van der Waals surface area (Å²) in [6.07, 6.45) is 0. The van der Waals surface area contributed by atoms with E-state index in [1.165, 1.54) is 43.6 Å². The molecule has 1 amide bonds. The highest BCUT2D eigenvalue weighted by Gasteiger charge is 2.22. The highest BCUT2D eigenvalue weighted by Crippen LogP contribution is 2.25. The Hall–Kier alpha value is -1.75. The molecule has 0 aliphatic heterocycles. The fraction of sp³-hybridized carbons (Fsp3) is 0.250. The van der Waals surface area contributed by atoms with Crippen molar-refractivity contribution in [3.8, 4) is 0 Å². The second kappa shape index (κ2) is 8.76. The monoisotopic (exact) mass is 460 g/mol. The van der Waals surface area contributed by atoms with E-state index >= 15 is 0 Å². The molecule has 26 heavy (non-hydrogen) atoms. The van der Waals surface area contributed by atoms with Gasteiger partial charge in [-0.3, -0.25) is 4.79 Å². The minimum Gasteiger partial charge on any atom is -0.452 e. The first kappa shape index (κ1) is 20.6. The summed E-state index contributed by atoms with van der Waals surface area (Å²) in [6.45, 7) is -0.0897. The average molecular weight is 461 g/mol. The van der Waals surface area contributed by atoms with Crippen LogP contribution < -0.4 is 5.32 Å². The number of hydrogen-bond acceptors (Lipinski definition) is 6. The van der Waals surface area contributed by atoms with E-state index in [1.807, 2.05) is 17.5 Å². The van der Waals surface area contributed by atoms with Crippen LogP contribution in [0.5, 0.6) is 0 Å². The number of amides is 1. The number of sulfonamides is 1. The van der Waals surface area contributed by atoms with Gasteiger partial charge >= 0.3 is 5.97 Å². The number of hydrogen-bond donors (Lipinski definition) is 1. The first-order chi connectivity index (χ1) is 12.2. The van der Waals surface area contributed by atoms with Crippen molar-refractivity contribution in [2.24, 2.45) is 0 Å². The van der Waals surface area contributed by atoms with Crippen molar-refractivity contribution in [1.29, 1.82) is 0 Å². The minimum atomic E-state index is -3.73. The van der Waals surface area contributed by atoms with Crippen LogP contribution in [0.15, 0.2) is 45.1 Å². The van der Waals surface area contributed by atoms with Crippen LogP contribution in [-0.2, 0) is 26.1 Å². The molecule has 7 nitrogen and oxygen atoms in total. The first-order valence-corrected chi connectivity index (χ1v) is 10.5. The summed E-state index contributed by atoms with van der Waals surface area (Å²) in [5, 5.41) is 4.53. The molecule has 0 atom stereocenters. The van der Waals surface area contributed by atoms with E-state index in [9.17, 15) is 18.0 Å². The number of thiophene rings is 1. The second-order valence-corrected chi connectivity index (χ2v) is 9.37. The van der Waals surface area contributed by atoms with Crippen molar-refractivity contribution in [3.05, 3.63) is 50.6 Å². The van der Waals surface area contributed by atoms with E-state index in [-0.39, 0.29) is 10.5 Å². The molecule has 10 heteroatoms. The van der Waals surface area contributed by atoms with Gasteiger partial charge in [0.05, 0.1) is 17.0 Å². The van der Waals surface area contributed by atoms with Crippen LogP contribution in [0.3, 0.4) is 0 Å². The van der Waals surface area contributed by atoms with E-state index in [0.29, 0.717) is 11.0 Å². The van der Waals surface area contributed by atoms with E-state index < -0.39 is 28.5 Å². The molecular formula is C16H17BrN2O5S2. The highest BCUT2D eigenvalue weighted by atomic mass is 79.9. The molecule has 2 aromatic rings. The molecule has 140 valence electrons. The zero-order valence-corrected chi connectivity index (χ0v) is 17.3. The number of ether oxygens (including phenoxy) is 1. The number of nitrogens with one attached hydrogen (secondary N) is 1. The van der Waals surface area contributed by atoms with Crippen LogP contribution in [0.2, 0.25) is 0 Å². The van der Waals surface area contributed by atoms with Gasteiger partial charge in [0.1, 0.15) is 0 Å². The Bertz CT molecular complexity index is 895. The summed E-state index contributed by atoms with van der Waals surface area (Å²) >= 11 is 4.67. The fourth-order valence-corrected chi connectivity index (χ4v) is 4.38. The standard InChI is InChI=1S/C16H17BrN2O5S2/c1-19(2)26(22,23)14-8-11(5-6-13(14)17)16(21)24-10-15(20)18-9-12-4-3-7-25-12/h3-8H,9-10H2,1-2H3,(H,18,20). The summed E-state index contributed by atoms with van der Waals surface area (Å²) in [5.41, 5.74) is 0.0414. The van der Waals surface area contributed by atoms with Crippen LogP contribution in [0.1, 0.15) is 15.2 Å². The number of halogens is 1. The third kappa shape index (κ3) is 5.13. The topological polar surface area (TPSA) is 92.8 Å². The van der Waals surface area contributed by atoms with Crippen LogP contribution in [0.4, 0.5) is 0 Å². The van der Waals surface area contributed by atoms with Crippen LogP contribution >= 0.6 is 27.3 Å². The fourth-order valence-electron chi connectivity index (χ4n) is 1.89. The minimum absolute atomic E-state index is 0.0414. The molecule has 1 aromatic heterocycles. The Balaban J connectivity index is 2.00. The summed E-state index contributed by atoms with van der Waals surface area (Å²) < 4.78 is 30.9. The summed E-state index contributed by atoms with van der Waals surface area (Å²) in [4.78, 5) is 24.8. The maximum Gasteiger partial charge on any atom is 0.338 e. The molecule has 0 aliphatic carbocycles. The number of nitrogens with zero attached hydrogens (tertiary/aromatic N) is 1. The van der Waals surface area contributed by atoms with Gasteiger partial charge in [-0.2, -0.15) is 0 Å². The molecule has 0 fully saturated rings. The predicted molar refractivity (Wildman–Crippen MR) is 101 cm³/mol. The largest absolute Gasteiger partial charge is 0.452 e. The first-order valence-electron chi connectivity index (χ1n) is 7.40. The Kier molecular flexibility index (Phi) is 6.93. The van der Waals surface area contributed by atoms with Crippen molar-refractivity contribution >= 4 is 49.2 Å². The number of benzene rings is 1. The van der Waals surface area contributed by atoms with Crippen molar-refractivity contribution in [2.45, 2.75) is 11.4 Å². The van der Waals surface area contributed by atoms with Crippen LogP contribution in [-0.4, -0.2) is 45.3 Å². The van der Waals surface area contributed by atoms with Gasteiger partial charge in [0.25, 0.3) is 5.91 Å². The van der Waals surface area contributed by atoms with E-state index in [1.54, 1.807) is 0 Å². The second-order valence-electron chi connectivity index (χ2n) is 5.36. The number of esters is 1. The number of carbonyl (C=O) groups is 2. The van der Waals surface area contributed by atoms with Crippen LogP contribution in [0, 0.1) is 0 Å². The molecular weight excluding hydrogens is 444 g/mol. The molecule has 0 bridgehead atoms. The molecule has 0 saturated heterocycles. The van der Waals surface area contributed by atoms with E-state index in [4.69, 9.17) is 4.74 Å². The lowest BCUT2D eigenvalue weighted by Crippen LogP contribution is -2.28. The molecule has 0 saturated carbocycles. The Morgan fingerprint density at radius 3 is 2.62 bits per heavy atom. The molecule has 1 aromatic carbocycles. The predicted octanol–water partition coefficient (Wildman–Crippen LogP) is 2.23. The molecule has 2 rings (SSSR count). The van der Waals surface area contributed by atoms with Gasteiger partial charge < -0.3 is 10.1 Å². The number of carbonyl (C=O) groups excluding carboxylic acids is 2. The van der Waals surface area contributed by atoms with Gasteiger partial charge in [-0.15, -0.1) is 11.3 Å². The molecule has 0 unspecified atom stereocenters. The van der Waals surface area contributed by atoms with Crippen LogP contribution in [0.25, 0.3) is 0 Å². The van der Waals surface area contributed by atoms with Gasteiger partial charge in [0.2, 0.25) is 10.0 Å². The lowest BCUT2D eigenvalue weighted by molar-refractivity contribution is -0.124. The van der Waals surface area contributed by atoms with Gasteiger partial charge in [-0.25, -0.2) is 17.5 Å². The quantitative estimate of drug-likeness (QED) is 0.639. The lowest BCUT2D eigenvalue weighted by atomic mass is 10.2. The SMILES string of the molecule is CN(C)S(=O)(=O)c1cc(C(=O)OCC(=O)NCc2cccs2)ccc1Br. The Morgan fingerprint density at radius 1 is 1.27 bits per heavy atom. The summed E-state index contributed by atoms with van der Waals surface area (Å²) in [5.74, 6) is -1.22. The molecule has 1 heterocycles. The third-order valence-corrected chi connectivity index (χ3v) is 6.99. The highest BCUT2D eigenvalue weighted by molar-refractivity contribution is 9.10. The lowest BCUT2D eigenvalue weighted by Gasteiger charge is -2.13. The third-order valence-electron chi connectivity index (χ3n) is 3.30. The average Bonchev–Trinajstić information content (AvgIpc) is 3.11. The van der Waals surface area contributed by atoms with E-state index in [2.05, 4.69) is 21.2 Å². The smallest absolute Gasteiger partial charge is 0.338 e. The van der Waals surface area contributed by atoms with Crippen molar-refractivity contribution < 1.29 is 22.7 Å². The molecule has 0 radical (unpaired) electrons. The maximum atomic E-state index is 12.3. The van der Waals surface area contributed by atoms with Crippen molar-refractivity contribution in [3.63, 3.8) is 0 Å². The number of rotatable bonds is 7. The summed E-state index contributed by atoms with van der Waals surface area (Å²) in [7, 11) is -0.941. The van der Waals surface area contributed by atoms with Crippen molar-refractivity contribution in [1.82, 2.24) is 9.62 Å². The van der Waals surface area contributed by atoms with Crippen molar-refractivity contribution in [2.75, 3.05) is 20.7 Å². The van der Waals surface area contributed by atoms with Gasteiger partial charge in [-0.05, 0) is 45.6 Å². The Morgan fingerprint density at radius 2 is 2.00 bits per heavy atom. The van der Waals surface area contributed by atoms with Gasteiger partial charge in [0.15, 0.2) is 6.61 Å². The zero-order valence-electron chi connectivity index (χ0n) is 14.1. The Labute approximate surface area is 164 Å². The normalized spacial score (nSPS) is 11.4. The molecule has 0 aliphatic rings. The molecule has 1 N–H and O–H groups in total. The van der Waals surface area contributed by atoms with Gasteiger partial charge in [0, 0.05) is 23.4 Å². The maximum absolute atomic E-state index is 12.3. The summed E-state index contributed by atoms with van der Waals surface area (Å²) in [6, 6.07) is 7.84. The van der Waals surface area contributed by atoms with Gasteiger partial charge in [-0.1, -0.05) is 6.07 Å². The molecule has 0 spiro atoms.